The summed E-state index contributed by atoms with van der Waals surface area (Å²) in [6.45, 7) is 0. The lowest BCUT2D eigenvalue weighted by Crippen LogP contribution is -2.09. The number of non-ortho nitro benzene ring substituents is 1. The van der Waals surface area contributed by atoms with E-state index < -0.39 is 10.9 Å². The van der Waals surface area contributed by atoms with Gasteiger partial charge in [-0.15, -0.1) is 0 Å². The van der Waals surface area contributed by atoms with Gasteiger partial charge >= 0.3 is 5.97 Å². The molecule has 0 aromatic heterocycles. The number of rotatable bonds is 4. The van der Waals surface area contributed by atoms with Gasteiger partial charge in [-0.05, 0) is 64.0 Å². The van der Waals surface area contributed by atoms with Crippen molar-refractivity contribution in [2.75, 3.05) is 0 Å². The summed E-state index contributed by atoms with van der Waals surface area (Å²) in [6.07, 6.45) is 1.50. The van der Waals surface area contributed by atoms with Gasteiger partial charge in [0.1, 0.15) is 11.5 Å². The Balaban J connectivity index is 1.54. The summed E-state index contributed by atoms with van der Waals surface area (Å²) >= 11 is 3.30. The van der Waals surface area contributed by atoms with E-state index in [4.69, 9.17) is 9.47 Å². The number of Topliss-reactive ketones (excluding diaryl/α,β-unsaturated/α-hetero) is 1. The van der Waals surface area contributed by atoms with E-state index in [1.165, 1.54) is 48.5 Å². The normalized spacial score (nSPS) is 13.6. The maximum atomic E-state index is 12.6. The van der Waals surface area contributed by atoms with Crippen LogP contribution in [0.2, 0.25) is 0 Å². The number of hydrogen-bond donors (Lipinski definition) is 0. The summed E-state index contributed by atoms with van der Waals surface area (Å²) in [5.41, 5.74) is 1.24. The van der Waals surface area contributed by atoms with Crippen LogP contribution in [0.4, 0.5) is 5.69 Å². The number of ether oxygens (including phenoxy) is 2. The molecule has 0 N–H and O–H groups in total. The Morgan fingerprint density at radius 1 is 1.07 bits per heavy atom. The van der Waals surface area contributed by atoms with Crippen molar-refractivity contribution in [2.24, 2.45) is 0 Å². The van der Waals surface area contributed by atoms with Crippen LogP contribution in [0.3, 0.4) is 0 Å². The third-order valence-corrected chi connectivity index (χ3v) is 5.04. The Morgan fingerprint density at radius 3 is 2.50 bits per heavy atom. The number of hydrogen-bond acceptors (Lipinski definition) is 6. The van der Waals surface area contributed by atoms with E-state index >= 15 is 0 Å². The molecule has 148 valence electrons. The van der Waals surface area contributed by atoms with E-state index in [2.05, 4.69) is 15.9 Å². The molecule has 1 aliphatic rings. The van der Waals surface area contributed by atoms with Gasteiger partial charge in [-0.3, -0.25) is 14.9 Å². The summed E-state index contributed by atoms with van der Waals surface area (Å²) in [7, 11) is 0. The predicted molar refractivity (Wildman–Crippen MR) is 112 cm³/mol. The topological polar surface area (TPSA) is 95.7 Å². The van der Waals surface area contributed by atoms with Gasteiger partial charge in [0.25, 0.3) is 5.69 Å². The second-order valence-corrected chi connectivity index (χ2v) is 7.17. The number of benzene rings is 3. The first-order chi connectivity index (χ1) is 14.4. The lowest BCUT2D eigenvalue weighted by Gasteiger charge is -2.06. The predicted octanol–water partition coefficient (Wildman–Crippen LogP) is 5.19. The van der Waals surface area contributed by atoms with Crippen molar-refractivity contribution < 1.29 is 24.0 Å². The molecule has 0 fully saturated rings. The van der Waals surface area contributed by atoms with E-state index in [1.54, 1.807) is 24.3 Å². The molecule has 4 rings (SSSR count). The summed E-state index contributed by atoms with van der Waals surface area (Å²) in [6, 6.07) is 17.1. The molecule has 0 unspecified atom stereocenters. The van der Waals surface area contributed by atoms with Gasteiger partial charge < -0.3 is 9.47 Å². The monoisotopic (exact) mass is 465 g/mol. The Labute approximate surface area is 178 Å². The third-order valence-electron chi connectivity index (χ3n) is 4.35. The first kappa shape index (κ1) is 19.5. The number of ketones is 1. The van der Waals surface area contributed by atoms with Crippen molar-refractivity contribution in [3.8, 4) is 11.5 Å². The molecule has 3 aromatic rings. The summed E-state index contributed by atoms with van der Waals surface area (Å²) < 4.78 is 11.6. The SMILES string of the molecule is O=C(Oc1ccc2c(c1)O/C(=C\c1ccc([N+](=O)[O-])cc1)C2=O)c1ccccc1Br. The van der Waals surface area contributed by atoms with Gasteiger partial charge in [0.15, 0.2) is 5.76 Å². The number of fused-ring (bicyclic) bond motifs is 1. The van der Waals surface area contributed by atoms with Gasteiger partial charge in [-0.1, -0.05) is 12.1 Å². The molecule has 1 heterocycles. The van der Waals surface area contributed by atoms with Crippen LogP contribution < -0.4 is 9.47 Å². The summed E-state index contributed by atoms with van der Waals surface area (Å²) in [4.78, 5) is 35.2. The fraction of sp³-hybridized carbons (Fsp3) is 0. The molecule has 0 saturated heterocycles. The Bertz CT molecular complexity index is 1220. The van der Waals surface area contributed by atoms with Crippen molar-refractivity contribution in [1.82, 2.24) is 0 Å². The number of nitro groups is 1. The lowest BCUT2D eigenvalue weighted by atomic mass is 10.1. The zero-order chi connectivity index (χ0) is 21.3. The lowest BCUT2D eigenvalue weighted by molar-refractivity contribution is -0.384. The van der Waals surface area contributed by atoms with Crippen molar-refractivity contribution in [3.63, 3.8) is 0 Å². The minimum absolute atomic E-state index is 0.0457. The molecule has 0 bridgehead atoms. The molecule has 7 nitrogen and oxygen atoms in total. The van der Waals surface area contributed by atoms with Crippen LogP contribution in [0, 0.1) is 10.1 Å². The van der Waals surface area contributed by atoms with Gasteiger partial charge in [0, 0.05) is 22.7 Å². The number of halogens is 1. The van der Waals surface area contributed by atoms with Crippen LogP contribution in [-0.4, -0.2) is 16.7 Å². The Hall–Kier alpha value is -3.78. The number of nitro benzene ring substituents is 1. The minimum Gasteiger partial charge on any atom is -0.452 e. The standard InChI is InChI=1S/C22H12BrNO6/c23-18-4-2-1-3-16(18)22(26)29-15-9-10-17-19(12-15)30-20(21(17)25)11-13-5-7-14(8-6-13)24(27)28/h1-12H/b20-11-. The fourth-order valence-electron chi connectivity index (χ4n) is 2.86. The van der Waals surface area contributed by atoms with Gasteiger partial charge in [0.05, 0.1) is 16.1 Å². The van der Waals surface area contributed by atoms with Crippen molar-refractivity contribution in [1.29, 1.82) is 0 Å². The minimum atomic E-state index is -0.548. The molecular formula is C22H12BrNO6. The van der Waals surface area contributed by atoms with Crippen LogP contribution in [0.1, 0.15) is 26.3 Å². The van der Waals surface area contributed by atoms with Crippen LogP contribution in [0.25, 0.3) is 6.08 Å². The zero-order valence-electron chi connectivity index (χ0n) is 15.2. The summed E-state index contributed by atoms with van der Waals surface area (Å²) in [5, 5.41) is 10.7. The molecule has 0 amide bonds. The zero-order valence-corrected chi connectivity index (χ0v) is 16.8. The second-order valence-electron chi connectivity index (χ2n) is 6.32. The molecule has 30 heavy (non-hydrogen) atoms. The van der Waals surface area contributed by atoms with E-state index in [0.717, 1.165) is 0 Å². The van der Waals surface area contributed by atoms with E-state index in [9.17, 15) is 19.7 Å². The molecular weight excluding hydrogens is 454 g/mol. The van der Waals surface area contributed by atoms with Crippen molar-refractivity contribution >= 4 is 39.4 Å². The smallest absolute Gasteiger partial charge is 0.344 e. The number of allylic oxidation sites excluding steroid dienone is 1. The molecule has 0 aliphatic carbocycles. The van der Waals surface area contributed by atoms with Crippen molar-refractivity contribution in [2.45, 2.75) is 0 Å². The van der Waals surface area contributed by atoms with Gasteiger partial charge in [-0.2, -0.15) is 0 Å². The van der Waals surface area contributed by atoms with Crippen LogP contribution in [-0.2, 0) is 0 Å². The van der Waals surface area contributed by atoms with Crippen LogP contribution >= 0.6 is 15.9 Å². The third kappa shape index (κ3) is 3.85. The Morgan fingerprint density at radius 2 is 1.80 bits per heavy atom. The quantitative estimate of drug-likeness (QED) is 0.173. The maximum Gasteiger partial charge on any atom is 0.344 e. The van der Waals surface area contributed by atoms with Gasteiger partial charge in [0.2, 0.25) is 5.78 Å². The highest BCUT2D eigenvalue weighted by atomic mass is 79.9. The first-order valence-electron chi connectivity index (χ1n) is 8.72. The molecule has 0 spiro atoms. The summed E-state index contributed by atoms with van der Waals surface area (Å²) in [5.74, 6) is -0.293. The molecule has 0 saturated carbocycles. The average molecular weight is 466 g/mol. The Kier molecular flexibility index (Phi) is 5.16. The molecule has 8 heteroatoms. The highest BCUT2D eigenvalue weighted by molar-refractivity contribution is 9.10. The van der Waals surface area contributed by atoms with E-state index in [-0.39, 0.29) is 28.7 Å². The highest BCUT2D eigenvalue weighted by Gasteiger charge is 2.28. The number of nitrogens with zero attached hydrogens (tertiary/aromatic N) is 1. The molecule has 3 aromatic carbocycles. The molecule has 1 aliphatic heterocycles. The fourth-order valence-corrected chi connectivity index (χ4v) is 3.31. The van der Waals surface area contributed by atoms with E-state index in [1.807, 2.05) is 0 Å². The van der Waals surface area contributed by atoms with Crippen LogP contribution in [0.5, 0.6) is 11.5 Å². The number of carbonyl (C=O) groups is 2. The number of carbonyl (C=O) groups excluding carboxylic acids is 2. The second kappa shape index (κ2) is 7.92. The van der Waals surface area contributed by atoms with Gasteiger partial charge in [-0.25, -0.2) is 4.79 Å². The first-order valence-corrected chi connectivity index (χ1v) is 9.51. The molecule has 0 atom stereocenters. The van der Waals surface area contributed by atoms with E-state index in [0.29, 0.717) is 21.2 Å². The largest absolute Gasteiger partial charge is 0.452 e. The highest BCUT2D eigenvalue weighted by Crippen LogP contribution is 2.35. The number of esters is 1. The molecule has 0 radical (unpaired) electrons. The maximum absolute atomic E-state index is 12.6. The average Bonchev–Trinajstić information content (AvgIpc) is 3.03. The van der Waals surface area contributed by atoms with Crippen molar-refractivity contribution in [3.05, 3.63) is 104 Å². The van der Waals surface area contributed by atoms with Crippen LogP contribution in [0.15, 0.2) is 77.0 Å².